The molecule has 0 heterocycles. The third-order valence-electron chi connectivity index (χ3n) is 3.09. The molecule has 0 aliphatic rings. The fourth-order valence-electron chi connectivity index (χ4n) is 1.38. The molecule has 0 rings (SSSR count). The van der Waals surface area contributed by atoms with Crippen LogP contribution in [0.3, 0.4) is 0 Å². The number of aliphatic hydroxyl groups excluding tert-OH is 10. The second kappa shape index (κ2) is 12.8. The summed E-state index contributed by atoms with van der Waals surface area (Å²) < 4.78 is 0. The molecule has 0 saturated heterocycles. The minimum absolute atomic E-state index is 0.802. The van der Waals surface area contributed by atoms with E-state index in [1.807, 2.05) is 0 Å². The maximum atomic E-state index is 10.3. The van der Waals surface area contributed by atoms with Crippen molar-refractivity contribution in [2.75, 3.05) is 13.2 Å². The zero-order valence-corrected chi connectivity index (χ0v) is 13.5. The van der Waals surface area contributed by atoms with Crippen molar-refractivity contribution >= 4 is 11.8 Å². The molecule has 14 N–H and O–H groups in total. The maximum Gasteiger partial charge on any atom is 0.249 e. The van der Waals surface area contributed by atoms with Crippen molar-refractivity contribution in [1.29, 1.82) is 0 Å². The molecule has 26 heavy (non-hydrogen) atoms. The van der Waals surface area contributed by atoms with Crippen LogP contribution in [0.25, 0.3) is 0 Å². The molecular formula is C12H26N2O12. The first-order valence-electron chi connectivity index (χ1n) is 7.08. The van der Waals surface area contributed by atoms with Crippen molar-refractivity contribution in [3.63, 3.8) is 0 Å². The van der Waals surface area contributed by atoms with Crippen LogP contribution in [0.1, 0.15) is 0 Å². The second-order valence-electron chi connectivity index (χ2n) is 5.16. The highest BCUT2D eigenvalue weighted by atomic mass is 16.4. The second-order valence-corrected chi connectivity index (χ2v) is 5.16. The van der Waals surface area contributed by atoms with Gasteiger partial charge in [0.05, 0.1) is 13.2 Å². The first-order chi connectivity index (χ1) is 11.8. The van der Waals surface area contributed by atoms with Crippen LogP contribution < -0.4 is 11.5 Å². The monoisotopic (exact) mass is 390 g/mol. The number of hydrogen-bond acceptors (Lipinski definition) is 12. The molecular weight excluding hydrogens is 364 g/mol. The quantitative estimate of drug-likeness (QED) is 0.165. The first-order valence-corrected chi connectivity index (χ1v) is 7.08. The summed E-state index contributed by atoms with van der Waals surface area (Å²) in [5.74, 6) is -2.45. The number of amides is 2. The van der Waals surface area contributed by atoms with Gasteiger partial charge in [-0.2, -0.15) is 0 Å². The normalized spacial score (nSPS) is 20.4. The first kappa shape index (κ1) is 26.8. The standard InChI is InChI=1S/2C6H13NO6/c2*7-6(13)5(12)4(11)3(10)2(9)1-8/h2*2-5,8-12H,1H2,(H2,7,13). The van der Waals surface area contributed by atoms with Gasteiger partial charge in [-0.05, 0) is 0 Å². The smallest absolute Gasteiger partial charge is 0.249 e. The molecule has 8 atom stereocenters. The van der Waals surface area contributed by atoms with E-state index in [9.17, 15) is 9.59 Å². The van der Waals surface area contributed by atoms with Crippen LogP contribution >= 0.6 is 0 Å². The number of nitrogens with two attached hydrogens (primary N) is 2. The van der Waals surface area contributed by atoms with Crippen molar-refractivity contribution in [2.45, 2.75) is 48.8 Å². The molecule has 0 aromatic rings. The number of rotatable bonds is 10. The lowest BCUT2D eigenvalue weighted by atomic mass is 10.0. The predicted molar refractivity (Wildman–Crippen MR) is 80.6 cm³/mol. The van der Waals surface area contributed by atoms with Crippen LogP contribution in [0.4, 0.5) is 0 Å². The van der Waals surface area contributed by atoms with Gasteiger partial charge in [0.1, 0.15) is 36.6 Å². The van der Waals surface area contributed by atoms with Gasteiger partial charge in [0, 0.05) is 0 Å². The van der Waals surface area contributed by atoms with E-state index < -0.39 is 73.9 Å². The van der Waals surface area contributed by atoms with Gasteiger partial charge in [-0.1, -0.05) is 0 Å². The molecule has 0 aromatic heterocycles. The number of carbonyl (C=O) groups excluding carboxylic acids is 2. The van der Waals surface area contributed by atoms with E-state index in [1.54, 1.807) is 0 Å². The van der Waals surface area contributed by atoms with Crippen LogP contribution in [-0.2, 0) is 9.59 Å². The number of aliphatic hydroxyl groups is 10. The Bertz CT molecular complexity index is 387. The summed E-state index contributed by atoms with van der Waals surface area (Å²) in [6.07, 6.45) is -14.7. The predicted octanol–water partition coefficient (Wildman–Crippen LogP) is -8.18. The Morgan fingerprint density at radius 3 is 0.962 bits per heavy atom. The van der Waals surface area contributed by atoms with Gasteiger partial charge in [-0.3, -0.25) is 9.59 Å². The Morgan fingerprint density at radius 2 is 0.808 bits per heavy atom. The van der Waals surface area contributed by atoms with Gasteiger partial charge in [0.2, 0.25) is 11.8 Å². The van der Waals surface area contributed by atoms with Crippen molar-refractivity contribution in [2.24, 2.45) is 11.5 Å². The Labute approximate surface area is 147 Å². The van der Waals surface area contributed by atoms with Crippen LogP contribution in [-0.4, -0.2) is 125 Å². The molecule has 0 aliphatic carbocycles. The van der Waals surface area contributed by atoms with E-state index >= 15 is 0 Å². The largest absolute Gasteiger partial charge is 0.394 e. The fraction of sp³-hybridized carbons (Fsp3) is 0.833. The summed E-state index contributed by atoms with van der Waals surface area (Å²) >= 11 is 0. The maximum absolute atomic E-state index is 10.3. The molecule has 0 aliphatic heterocycles. The summed E-state index contributed by atoms with van der Waals surface area (Å²) in [4.78, 5) is 20.6. The van der Waals surface area contributed by atoms with Crippen LogP contribution in [0, 0.1) is 0 Å². The lowest BCUT2D eigenvalue weighted by Gasteiger charge is -2.23. The van der Waals surface area contributed by atoms with Crippen LogP contribution in [0.2, 0.25) is 0 Å². The molecule has 0 spiro atoms. The minimum Gasteiger partial charge on any atom is -0.394 e. The Balaban J connectivity index is 0. The van der Waals surface area contributed by atoms with Gasteiger partial charge < -0.3 is 62.5 Å². The zero-order chi connectivity index (χ0) is 21.2. The fourth-order valence-corrected chi connectivity index (χ4v) is 1.38. The average molecular weight is 390 g/mol. The van der Waals surface area contributed by atoms with Gasteiger partial charge >= 0.3 is 0 Å². The molecule has 0 saturated carbocycles. The summed E-state index contributed by atoms with van der Waals surface area (Å²) in [5.41, 5.74) is 9.22. The molecule has 14 nitrogen and oxygen atoms in total. The van der Waals surface area contributed by atoms with Crippen molar-refractivity contribution in [3.05, 3.63) is 0 Å². The molecule has 156 valence electrons. The Kier molecular flexibility index (Phi) is 13.2. The van der Waals surface area contributed by atoms with Gasteiger partial charge in [-0.15, -0.1) is 0 Å². The molecule has 0 radical (unpaired) electrons. The highest BCUT2D eigenvalue weighted by Gasteiger charge is 2.33. The van der Waals surface area contributed by atoms with E-state index in [1.165, 1.54) is 0 Å². The lowest BCUT2D eigenvalue weighted by molar-refractivity contribution is -0.146. The Hall–Kier alpha value is -1.46. The van der Waals surface area contributed by atoms with Crippen LogP contribution in [0.5, 0.6) is 0 Å². The number of carbonyl (C=O) groups is 2. The molecule has 8 unspecified atom stereocenters. The average Bonchev–Trinajstić information content (AvgIpc) is 2.62. The third kappa shape index (κ3) is 8.77. The SMILES string of the molecule is NC(=O)C(O)C(O)C(O)C(O)CO.NC(=O)C(O)C(O)C(O)C(O)CO. The molecule has 14 heteroatoms. The Morgan fingerprint density at radius 1 is 0.577 bits per heavy atom. The number of primary amides is 2. The molecule has 0 bridgehead atoms. The highest BCUT2D eigenvalue weighted by Crippen LogP contribution is 2.05. The van der Waals surface area contributed by atoms with Crippen molar-refractivity contribution in [3.8, 4) is 0 Å². The van der Waals surface area contributed by atoms with E-state index in [0.29, 0.717) is 0 Å². The van der Waals surface area contributed by atoms with Crippen LogP contribution in [0.15, 0.2) is 0 Å². The van der Waals surface area contributed by atoms with E-state index in [2.05, 4.69) is 11.5 Å². The van der Waals surface area contributed by atoms with Crippen molar-refractivity contribution < 1.29 is 60.7 Å². The highest BCUT2D eigenvalue weighted by molar-refractivity contribution is 5.79. The minimum atomic E-state index is -1.98. The lowest BCUT2D eigenvalue weighted by Crippen LogP contribution is -2.50. The third-order valence-corrected chi connectivity index (χ3v) is 3.09. The van der Waals surface area contributed by atoms with Crippen molar-refractivity contribution in [1.82, 2.24) is 0 Å². The summed E-state index contributed by atoms with van der Waals surface area (Å²) in [6, 6.07) is 0. The van der Waals surface area contributed by atoms with E-state index in [0.717, 1.165) is 0 Å². The summed E-state index contributed by atoms with van der Waals surface area (Å²) in [6.45, 7) is -1.60. The van der Waals surface area contributed by atoms with Gasteiger partial charge in [-0.25, -0.2) is 0 Å². The van der Waals surface area contributed by atoms with E-state index in [-0.39, 0.29) is 0 Å². The zero-order valence-electron chi connectivity index (χ0n) is 13.5. The van der Waals surface area contributed by atoms with E-state index in [4.69, 9.17) is 51.1 Å². The topological polar surface area (TPSA) is 288 Å². The summed E-state index contributed by atoms with van der Waals surface area (Å²) in [7, 11) is 0. The molecule has 0 fully saturated rings. The molecule has 0 aromatic carbocycles. The van der Waals surface area contributed by atoms with Gasteiger partial charge in [0.25, 0.3) is 0 Å². The summed E-state index contributed by atoms with van der Waals surface area (Å²) in [5, 5.41) is 87.9. The number of hydrogen-bond donors (Lipinski definition) is 12. The van der Waals surface area contributed by atoms with Gasteiger partial charge in [0.15, 0.2) is 12.2 Å². The molecule has 2 amide bonds.